The smallest absolute Gasteiger partial charge is 0.215 e. The molecule has 0 bridgehead atoms. The maximum absolute atomic E-state index is 7.83. The molecule has 1 heterocycles. The van der Waals surface area contributed by atoms with Crippen LogP contribution in [-0.2, 0) is 0 Å². The van der Waals surface area contributed by atoms with E-state index in [0.29, 0.717) is 0 Å². The highest BCUT2D eigenvalue weighted by molar-refractivity contribution is 6.27. The molecule has 0 radical (unpaired) electrons. The van der Waals surface area contributed by atoms with Crippen LogP contribution in [0.1, 0.15) is 0 Å². The third-order valence-corrected chi connectivity index (χ3v) is 12.9. The van der Waals surface area contributed by atoms with Gasteiger partial charge in [0.15, 0.2) is 0 Å². The van der Waals surface area contributed by atoms with Crippen LogP contribution in [0.2, 0.25) is 0 Å². The first kappa shape index (κ1) is 35.4. The molecule has 0 aliphatic rings. The van der Waals surface area contributed by atoms with Crippen molar-refractivity contribution in [1.29, 1.82) is 0 Å². The SMILES string of the molecule is c1ccc(-c2c(N(c3ccccc3)c3ccc4ccc5cccc6ccc3c4c56)oc(N(c3ccccc3)c3ccc4ccc5cccc6ccc3c4c56)c2-c2ccccc2)cc1. The van der Waals surface area contributed by atoms with E-state index >= 15 is 0 Å². The van der Waals surface area contributed by atoms with E-state index in [0.717, 1.165) is 67.5 Å². The number of nitrogens with zero attached hydrogens (tertiary/aromatic N) is 2. The van der Waals surface area contributed by atoms with Crippen LogP contribution in [0.4, 0.5) is 34.5 Å². The molecule has 0 unspecified atom stereocenters. The molecule has 0 amide bonds. The first-order valence-corrected chi connectivity index (χ1v) is 21.6. The van der Waals surface area contributed by atoms with Crippen molar-refractivity contribution in [2.45, 2.75) is 0 Å². The maximum atomic E-state index is 7.83. The largest absolute Gasteiger partial charge is 0.422 e. The topological polar surface area (TPSA) is 19.6 Å². The Bertz CT molecular complexity index is 3500. The van der Waals surface area contributed by atoms with Crippen molar-refractivity contribution in [3.63, 3.8) is 0 Å². The molecule has 0 saturated heterocycles. The van der Waals surface area contributed by atoms with Gasteiger partial charge in [0.25, 0.3) is 0 Å². The first-order valence-electron chi connectivity index (χ1n) is 21.6. The molecule has 0 aliphatic carbocycles. The summed E-state index contributed by atoms with van der Waals surface area (Å²) in [5, 5.41) is 14.7. The lowest BCUT2D eigenvalue weighted by Gasteiger charge is -2.27. The summed E-state index contributed by atoms with van der Waals surface area (Å²) in [4.78, 5) is 4.69. The predicted octanol–water partition coefficient (Wildman–Crippen LogP) is 17.3. The molecule has 0 spiro atoms. The lowest BCUT2D eigenvalue weighted by Crippen LogP contribution is -2.12. The summed E-state index contributed by atoms with van der Waals surface area (Å²) >= 11 is 0. The Labute approximate surface area is 364 Å². The normalized spacial score (nSPS) is 11.8. The van der Waals surface area contributed by atoms with Gasteiger partial charge in [-0.25, -0.2) is 0 Å². The van der Waals surface area contributed by atoms with Gasteiger partial charge in [-0.1, -0.05) is 194 Å². The summed E-state index contributed by atoms with van der Waals surface area (Å²) in [6.07, 6.45) is 0. The second kappa shape index (κ2) is 14.1. The zero-order valence-corrected chi connectivity index (χ0v) is 34.2. The van der Waals surface area contributed by atoms with Gasteiger partial charge in [0.1, 0.15) is 0 Å². The van der Waals surface area contributed by atoms with Crippen molar-refractivity contribution < 1.29 is 4.42 Å². The van der Waals surface area contributed by atoms with E-state index in [1.54, 1.807) is 0 Å². The average molecular weight is 803 g/mol. The Kier molecular flexibility index (Phi) is 7.91. The van der Waals surface area contributed by atoms with Gasteiger partial charge in [-0.3, -0.25) is 9.80 Å². The zero-order chi connectivity index (χ0) is 41.4. The molecular weight excluding hydrogens is 765 g/mol. The molecule has 294 valence electrons. The first-order chi connectivity index (χ1) is 31.3. The lowest BCUT2D eigenvalue weighted by atomic mass is 9.92. The number of hydrogen-bond donors (Lipinski definition) is 0. The number of furan rings is 1. The number of anilines is 6. The lowest BCUT2D eigenvalue weighted by molar-refractivity contribution is 0.582. The fourth-order valence-electron chi connectivity index (χ4n) is 10.2. The average Bonchev–Trinajstić information content (AvgIpc) is 3.74. The van der Waals surface area contributed by atoms with Crippen molar-refractivity contribution in [3.05, 3.63) is 231 Å². The number of benzene rings is 12. The summed E-state index contributed by atoms with van der Waals surface area (Å²) < 4.78 is 7.83. The highest BCUT2D eigenvalue weighted by atomic mass is 16.4. The van der Waals surface area contributed by atoms with Gasteiger partial charge in [-0.15, -0.1) is 0 Å². The van der Waals surface area contributed by atoms with Crippen molar-refractivity contribution >= 4 is 99.2 Å². The molecule has 13 rings (SSSR count). The van der Waals surface area contributed by atoms with E-state index in [-0.39, 0.29) is 0 Å². The van der Waals surface area contributed by atoms with E-state index in [4.69, 9.17) is 4.42 Å². The molecular formula is C60H38N2O. The third-order valence-electron chi connectivity index (χ3n) is 12.9. The van der Waals surface area contributed by atoms with Gasteiger partial charge >= 0.3 is 0 Å². The molecule has 0 atom stereocenters. The summed E-state index contributed by atoms with van der Waals surface area (Å²) in [6, 6.07) is 83.3. The second-order valence-corrected chi connectivity index (χ2v) is 16.4. The van der Waals surface area contributed by atoms with E-state index in [1.165, 1.54) is 53.9 Å². The highest BCUT2D eigenvalue weighted by Crippen LogP contribution is 2.56. The Balaban J connectivity index is 1.18. The second-order valence-electron chi connectivity index (χ2n) is 16.4. The van der Waals surface area contributed by atoms with Crippen LogP contribution in [0.3, 0.4) is 0 Å². The summed E-state index contributed by atoms with van der Waals surface area (Å²) in [5.41, 5.74) is 8.20. The van der Waals surface area contributed by atoms with Crippen LogP contribution in [0.15, 0.2) is 235 Å². The van der Waals surface area contributed by atoms with Gasteiger partial charge in [0.05, 0.1) is 22.5 Å². The summed E-state index contributed by atoms with van der Waals surface area (Å²) in [7, 11) is 0. The summed E-state index contributed by atoms with van der Waals surface area (Å²) in [6.45, 7) is 0. The number of hydrogen-bond acceptors (Lipinski definition) is 3. The number of para-hydroxylation sites is 2. The van der Waals surface area contributed by atoms with Crippen LogP contribution in [0.5, 0.6) is 0 Å². The fraction of sp³-hybridized carbons (Fsp3) is 0. The fourth-order valence-corrected chi connectivity index (χ4v) is 10.2. The van der Waals surface area contributed by atoms with Crippen molar-refractivity contribution in [2.24, 2.45) is 0 Å². The van der Waals surface area contributed by atoms with Crippen LogP contribution in [-0.4, -0.2) is 0 Å². The van der Waals surface area contributed by atoms with Crippen LogP contribution >= 0.6 is 0 Å². The summed E-state index contributed by atoms with van der Waals surface area (Å²) in [5.74, 6) is 1.46. The molecule has 3 nitrogen and oxygen atoms in total. The van der Waals surface area contributed by atoms with Crippen LogP contribution in [0.25, 0.3) is 86.9 Å². The Morgan fingerprint density at radius 2 is 0.571 bits per heavy atom. The number of rotatable bonds is 8. The van der Waals surface area contributed by atoms with Crippen molar-refractivity contribution in [3.8, 4) is 22.3 Å². The van der Waals surface area contributed by atoms with Crippen molar-refractivity contribution in [2.75, 3.05) is 9.80 Å². The third kappa shape index (κ3) is 5.46. The van der Waals surface area contributed by atoms with E-state index in [1.807, 2.05) is 0 Å². The van der Waals surface area contributed by atoms with E-state index in [9.17, 15) is 0 Å². The monoisotopic (exact) mass is 802 g/mol. The molecule has 0 N–H and O–H groups in total. The zero-order valence-electron chi connectivity index (χ0n) is 34.2. The van der Waals surface area contributed by atoms with Crippen LogP contribution in [0, 0.1) is 0 Å². The quantitative estimate of drug-likeness (QED) is 0.143. The minimum atomic E-state index is 0.731. The van der Waals surface area contributed by atoms with Crippen LogP contribution < -0.4 is 9.80 Å². The Morgan fingerprint density at radius 1 is 0.254 bits per heavy atom. The van der Waals surface area contributed by atoms with Gasteiger partial charge < -0.3 is 4.42 Å². The Morgan fingerprint density at radius 3 is 0.952 bits per heavy atom. The molecule has 0 saturated carbocycles. The van der Waals surface area contributed by atoms with Gasteiger partial charge in [0.2, 0.25) is 11.8 Å². The maximum Gasteiger partial charge on any atom is 0.215 e. The molecule has 1 aromatic heterocycles. The van der Waals surface area contributed by atoms with Crippen molar-refractivity contribution in [1.82, 2.24) is 0 Å². The minimum Gasteiger partial charge on any atom is -0.422 e. The predicted molar refractivity (Wildman–Crippen MR) is 266 cm³/mol. The molecule has 63 heavy (non-hydrogen) atoms. The Hall–Kier alpha value is -8.40. The molecule has 0 aliphatic heterocycles. The molecule has 3 heteroatoms. The highest BCUT2D eigenvalue weighted by Gasteiger charge is 2.34. The molecule has 0 fully saturated rings. The molecule has 12 aromatic carbocycles. The standard InChI is InChI=1S/C60H38N2O/c1-5-15-39(16-6-1)57-58(40-17-7-2-8-18-40)60(62(48-25-11-4-12-26-48)52-38-34-46-30-28-42-20-14-22-44-32-36-50(52)56(46)54(42)44)63-59(57)61(47-23-9-3-10-24-47)51-37-33-45-29-27-41-19-13-21-43-31-35-49(51)55(45)53(41)43/h1-38H. The van der Waals surface area contributed by atoms with Gasteiger partial charge in [-0.2, -0.15) is 0 Å². The molecule has 13 aromatic rings. The van der Waals surface area contributed by atoms with E-state index < -0.39 is 0 Å². The van der Waals surface area contributed by atoms with E-state index in [2.05, 4.69) is 240 Å². The van der Waals surface area contributed by atoms with Gasteiger partial charge in [-0.05, 0) is 101 Å². The van der Waals surface area contributed by atoms with Gasteiger partial charge in [0, 0.05) is 22.1 Å². The minimum absolute atomic E-state index is 0.731.